The summed E-state index contributed by atoms with van der Waals surface area (Å²) < 4.78 is 0. The Bertz CT molecular complexity index is 523. The lowest BCUT2D eigenvalue weighted by molar-refractivity contribution is 0.0696. The molecule has 2 rings (SSSR count). The summed E-state index contributed by atoms with van der Waals surface area (Å²) in [4.78, 5) is 11.0. The first-order chi connectivity index (χ1) is 8.20. The molecule has 1 atom stereocenters. The van der Waals surface area contributed by atoms with Gasteiger partial charge in [-0.15, -0.1) is 0 Å². The van der Waals surface area contributed by atoms with Crippen LogP contribution in [0.25, 0.3) is 0 Å². The van der Waals surface area contributed by atoms with Crippen LogP contribution in [0.4, 0.5) is 0 Å². The molecule has 0 heterocycles. The van der Waals surface area contributed by atoms with Crippen molar-refractivity contribution in [2.24, 2.45) is 0 Å². The summed E-state index contributed by atoms with van der Waals surface area (Å²) in [6, 6.07) is 16.8. The number of rotatable bonds is 3. The van der Waals surface area contributed by atoms with E-state index >= 15 is 0 Å². The number of benzene rings is 2. The van der Waals surface area contributed by atoms with E-state index in [1.54, 1.807) is 12.1 Å². The van der Waals surface area contributed by atoms with Crippen LogP contribution >= 0.6 is 15.9 Å². The summed E-state index contributed by atoms with van der Waals surface area (Å²) in [5.41, 5.74) is 2.14. The minimum Gasteiger partial charge on any atom is -0.478 e. The summed E-state index contributed by atoms with van der Waals surface area (Å²) in [6.45, 7) is 0. The van der Waals surface area contributed by atoms with Gasteiger partial charge in [0.05, 0.1) is 10.4 Å². The number of hydrogen-bond donors (Lipinski definition) is 1. The van der Waals surface area contributed by atoms with E-state index in [0.29, 0.717) is 5.56 Å². The minimum atomic E-state index is -0.902. The second-order valence-corrected chi connectivity index (χ2v) is 4.58. The molecule has 17 heavy (non-hydrogen) atoms. The van der Waals surface area contributed by atoms with Gasteiger partial charge in [0.1, 0.15) is 0 Å². The second kappa shape index (κ2) is 5.15. The van der Waals surface area contributed by atoms with E-state index in [2.05, 4.69) is 15.9 Å². The van der Waals surface area contributed by atoms with E-state index in [9.17, 15) is 4.79 Å². The zero-order chi connectivity index (χ0) is 12.3. The molecule has 2 aromatic carbocycles. The van der Waals surface area contributed by atoms with Crippen molar-refractivity contribution >= 4 is 21.9 Å². The number of carboxylic acids is 1. The molecule has 2 nitrogen and oxygen atoms in total. The standard InChI is InChI=1S/C14H11BrO2/c15-13(10-6-2-1-3-7-10)11-8-4-5-9-12(11)14(16)17/h1-9,13H,(H,16,17). The maximum Gasteiger partial charge on any atom is 0.336 e. The summed E-state index contributed by atoms with van der Waals surface area (Å²) in [6.07, 6.45) is 0. The van der Waals surface area contributed by atoms with Crippen LogP contribution in [0.1, 0.15) is 26.3 Å². The van der Waals surface area contributed by atoms with Gasteiger partial charge in [-0.3, -0.25) is 0 Å². The fourth-order valence-corrected chi connectivity index (χ4v) is 2.42. The molecular weight excluding hydrogens is 280 g/mol. The summed E-state index contributed by atoms with van der Waals surface area (Å²) in [5, 5.41) is 9.14. The van der Waals surface area contributed by atoms with Crippen LogP contribution in [-0.4, -0.2) is 11.1 Å². The average molecular weight is 291 g/mol. The number of carboxylic acid groups (broad SMARTS) is 1. The van der Waals surface area contributed by atoms with E-state index < -0.39 is 5.97 Å². The van der Waals surface area contributed by atoms with Crippen molar-refractivity contribution in [3.05, 3.63) is 71.3 Å². The highest BCUT2D eigenvalue weighted by Crippen LogP contribution is 2.32. The van der Waals surface area contributed by atoms with Crippen LogP contribution in [0.2, 0.25) is 0 Å². The number of alkyl halides is 1. The number of halogens is 1. The largest absolute Gasteiger partial charge is 0.478 e. The monoisotopic (exact) mass is 290 g/mol. The topological polar surface area (TPSA) is 37.3 Å². The van der Waals surface area contributed by atoms with Crippen molar-refractivity contribution < 1.29 is 9.90 Å². The van der Waals surface area contributed by atoms with Crippen molar-refractivity contribution in [3.8, 4) is 0 Å². The maximum atomic E-state index is 11.1. The number of hydrogen-bond acceptors (Lipinski definition) is 1. The molecule has 0 amide bonds. The first kappa shape index (κ1) is 11.9. The molecule has 0 spiro atoms. The fourth-order valence-electron chi connectivity index (χ4n) is 1.71. The molecule has 2 aromatic rings. The Kier molecular flexibility index (Phi) is 3.59. The lowest BCUT2D eigenvalue weighted by Gasteiger charge is -2.13. The molecule has 0 fully saturated rings. The molecule has 0 aliphatic heterocycles. The summed E-state index contributed by atoms with van der Waals surface area (Å²) >= 11 is 3.55. The van der Waals surface area contributed by atoms with Gasteiger partial charge in [0, 0.05) is 0 Å². The molecule has 0 saturated carbocycles. The van der Waals surface area contributed by atoms with Gasteiger partial charge in [-0.25, -0.2) is 4.79 Å². The number of aromatic carboxylic acids is 1. The van der Waals surface area contributed by atoms with Crippen LogP contribution in [0.5, 0.6) is 0 Å². The number of carbonyl (C=O) groups is 1. The van der Waals surface area contributed by atoms with Gasteiger partial charge in [0.2, 0.25) is 0 Å². The molecule has 1 N–H and O–H groups in total. The molecule has 3 heteroatoms. The predicted molar refractivity (Wildman–Crippen MR) is 70.6 cm³/mol. The van der Waals surface area contributed by atoms with Gasteiger partial charge in [0.15, 0.2) is 0 Å². The smallest absolute Gasteiger partial charge is 0.336 e. The first-order valence-electron chi connectivity index (χ1n) is 5.21. The van der Waals surface area contributed by atoms with E-state index in [-0.39, 0.29) is 4.83 Å². The molecule has 0 bridgehead atoms. The molecule has 0 aliphatic carbocycles. The van der Waals surface area contributed by atoms with Gasteiger partial charge in [-0.2, -0.15) is 0 Å². The van der Waals surface area contributed by atoms with Crippen molar-refractivity contribution in [1.29, 1.82) is 0 Å². The van der Waals surface area contributed by atoms with Crippen molar-refractivity contribution in [3.63, 3.8) is 0 Å². The van der Waals surface area contributed by atoms with Gasteiger partial charge < -0.3 is 5.11 Å². The van der Waals surface area contributed by atoms with Gasteiger partial charge >= 0.3 is 5.97 Å². The summed E-state index contributed by atoms with van der Waals surface area (Å²) in [5.74, 6) is -0.902. The molecule has 0 aliphatic rings. The lowest BCUT2D eigenvalue weighted by Crippen LogP contribution is -2.04. The third-order valence-corrected chi connectivity index (χ3v) is 3.58. The van der Waals surface area contributed by atoms with Crippen LogP contribution in [0.3, 0.4) is 0 Å². The molecule has 1 unspecified atom stereocenters. The Hall–Kier alpha value is -1.61. The third-order valence-electron chi connectivity index (χ3n) is 2.56. The Morgan fingerprint density at radius 3 is 2.24 bits per heavy atom. The SMILES string of the molecule is O=C(O)c1ccccc1C(Br)c1ccccc1. The molecule has 86 valence electrons. The van der Waals surface area contributed by atoms with E-state index in [1.165, 1.54) is 0 Å². The van der Waals surface area contributed by atoms with Gasteiger partial charge in [-0.1, -0.05) is 64.5 Å². The Morgan fingerprint density at radius 2 is 1.59 bits per heavy atom. The predicted octanol–water partition coefficient (Wildman–Crippen LogP) is 3.87. The van der Waals surface area contributed by atoms with Crippen LogP contribution in [0, 0.1) is 0 Å². The zero-order valence-corrected chi connectivity index (χ0v) is 10.6. The molecule has 0 saturated heterocycles. The third kappa shape index (κ3) is 2.56. The fraction of sp³-hybridized carbons (Fsp3) is 0.0714. The summed E-state index contributed by atoms with van der Waals surface area (Å²) in [7, 11) is 0. The van der Waals surface area contributed by atoms with Crippen LogP contribution in [0.15, 0.2) is 54.6 Å². The van der Waals surface area contributed by atoms with Gasteiger partial charge in [-0.05, 0) is 17.2 Å². The van der Waals surface area contributed by atoms with E-state index in [4.69, 9.17) is 5.11 Å². The Morgan fingerprint density at radius 1 is 1.00 bits per heavy atom. The normalized spacial score (nSPS) is 12.1. The Labute approximate surface area is 108 Å². The van der Waals surface area contributed by atoms with Crippen molar-refractivity contribution in [1.82, 2.24) is 0 Å². The highest BCUT2D eigenvalue weighted by atomic mass is 79.9. The quantitative estimate of drug-likeness (QED) is 0.872. The molecular formula is C14H11BrO2. The molecule has 0 radical (unpaired) electrons. The Balaban J connectivity index is 2.44. The highest BCUT2D eigenvalue weighted by molar-refractivity contribution is 9.09. The van der Waals surface area contributed by atoms with Crippen molar-refractivity contribution in [2.45, 2.75) is 4.83 Å². The minimum absolute atomic E-state index is 0.101. The lowest BCUT2D eigenvalue weighted by atomic mass is 10.00. The zero-order valence-electron chi connectivity index (χ0n) is 9.01. The highest BCUT2D eigenvalue weighted by Gasteiger charge is 2.17. The van der Waals surface area contributed by atoms with E-state index in [0.717, 1.165) is 11.1 Å². The van der Waals surface area contributed by atoms with Gasteiger partial charge in [0.25, 0.3) is 0 Å². The first-order valence-corrected chi connectivity index (χ1v) is 6.13. The molecule has 0 aromatic heterocycles. The van der Waals surface area contributed by atoms with Crippen molar-refractivity contribution in [2.75, 3.05) is 0 Å². The average Bonchev–Trinajstić information content (AvgIpc) is 2.39. The maximum absolute atomic E-state index is 11.1. The second-order valence-electron chi connectivity index (χ2n) is 3.67. The van der Waals surface area contributed by atoms with Crippen LogP contribution in [-0.2, 0) is 0 Å². The van der Waals surface area contributed by atoms with Crippen LogP contribution < -0.4 is 0 Å². The van der Waals surface area contributed by atoms with E-state index in [1.807, 2.05) is 42.5 Å².